The average molecular weight is 231 g/mol. The van der Waals surface area contributed by atoms with E-state index in [-0.39, 0.29) is 11.0 Å². The van der Waals surface area contributed by atoms with Gasteiger partial charge in [0.05, 0.1) is 9.95 Å². The SMILES string of the molecule is O=C(Cl)CSC(=S)c1ccccc1. The van der Waals surface area contributed by atoms with Crippen LogP contribution in [0.2, 0.25) is 0 Å². The van der Waals surface area contributed by atoms with E-state index in [0.717, 1.165) is 5.56 Å². The summed E-state index contributed by atoms with van der Waals surface area (Å²) >= 11 is 11.6. The van der Waals surface area contributed by atoms with Crippen molar-refractivity contribution in [3.63, 3.8) is 0 Å². The molecule has 0 aromatic heterocycles. The minimum atomic E-state index is -0.372. The lowest BCUT2D eigenvalue weighted by atomic mass is 10.2. The van der Waals surface area contributed by atoms with Crippen LogP contribution < -0.4 is 0 Å². The largest absolute Gasteiger partial charge is 0.280 e. The zero-order chi connectivity index (χ0) is 9.68. The van der Waals surface area contributed by atoms with Gasteiger partial charge >= 0.3 is 0 Å². The molecule has 13 heavy (non-hydrogen) atoms. The van der Waals surface area contributed by atoms with Crippen LogP contribution in [0.25, 0.3) is 0 Å². The van der Waals surface area contributed by atoms with E-state index in [9.17, 15) is 4.79 Å². The summed E-state index contributed by atoms with van der Waals surface area (Å²) in [6.45, 7) is 0. The summed E-state index contributed by atoms with van der Waals surface area (Å²) in [5.41, 5.74) is 0.959. The predicted molar refractivity (Wildman–Crippen MR) is 61.5 cm³/mol. The fourth-order valence-electron chi connectivity index (χ4n) is 0.780. The maximum absolute atomic E-state index is 10.5. The first-order valence-electron chi connectivity index (χ1n) is 3.60. The molecule has 0 saturated heterocycles. The second-order valence-electron chi connectivity index (χ2n) is 2.30. The summed E-state index contributed by atoms with van der Waals surface area (Å²) in [5, 5.41) is -0.372. The highest BCUT2D eigenvalue weighted by Gasteiger charge is 2.03. The van der Waals surface area contributed by atoms with Crippen LogP contribution in [0.15, 0.2) is 30.3 Å². The molecule has 1 aromatic rings. The third kappa shape index (κ3) is 3.89. The molecule has 4 heteroatoms. The van der Waals surface area contributed by atoms with Crippen LogP contribution in [0.4, 0.5) is 0 Å². The van der Waals surface area contributed by atoms with E-state index in [1.807, 2.05) is 30.3 Å². The van der Waals surface area contributed by atoms with Crippen molar-refractivity contribution in [3.8, 4) is 0 Å². The monoisotopic (exact) mass is 230 g/mol. The van der Waals surface area contributed by atoms with Crippen LogP contribution in [0.3, 0.4) is 0 Å². The van der Waals surface area contributed by atoms with Gasteiger partial charge in [-0.05, 0) is 17.2 Å². The molecule has 1 rings (SSSR count). The van der Waals surface area contributed by atoms with Gasteiger partial charge in [0.25, 0.3) is 0 Å². The Kier molecular flexibility index (Phi) is 4.42. The molecule has 0 bridgehead atoms. The third-order valence-electron chi connectivity index (χ3n) is 1.33. The fraction of sp³-hybridized carbons (Fsp3) is 0.111. The molecule has 1 nitrogen and oxygen atoms in total. The van der Waals surface area contributed by atoms with E-state index in [0.29, 0.717) is 4.20 Å². The number of carbonyl (C=O) groups excluding carboxylic acids is 1. The smallest absolute Gasteiger partial charge is 0.231 e. The Labute approximate surface area is 91.5 Å². The molecule has 0 amide bonds. The number of thioether (sulfide) groups is 1. The molecule has 0 spiro atoms. The molecule has 0 unspecified atom stereocenters. The molecule has 0 heterocycles. The molecule has 0 atom stereocenters. The maximum atomic E-state index is 10.5. The van der Waals surface area contributed by atoms with Crippen molar-refractivity contribution in [2.75, 3.05) is 5.75 Å². The van der Waals surface area contributed by atoms with Crippen molar-refractivity contribution in [1.29, 1.82) is 0 Å². The van der Waals surface area contributed by atoms with Crippen LogP contribution in [-0.4, -0.2) is 15.2 Å². The first-order chi connectivity index (χ1) is 6.20. The van der Waals surface area contributed by atoms with E-state index < -0.39 is 0 Å². The Balaban J connectivity index is 2.54. The summed E-state index contributed by atoms with van der Waals surface area (Å²) in [7, 11) is 0. The molecule has 0 radical (unpaired) electrons. The van der Waals surface area contributed by atoms with Crippen molar-refractivity contribution in [2.24, 2.45) is 0 Å². The summed E-state index contributed by atoms with van der Waals surface area (Å²) in [4.78, 5) is 10.5. The van der Waals surface area contributed by atoms with Gasteiger partial charge in [-0.3, -0.25) is 4.79 Å². The van der Waals surface area contributed by atoms with Crippen LogP contribution in [0.5, 0.6) is 0 Å². The highest BCUT2D eigenvalue weighted by Crippen LogP contribution is 2.14. The second kappa shape index (κ2) is 5.37. The van der Waals surface area contributed by atoms with Crippen molar-refractivity contribution in [1.82, 2.24) is 0 Å². The zero-order valence-electron chi connectivity index (χ0n) is 6.70. The van der Waals surface area contributed by atoms with Crippen molar-refractivity contribution in [3.05, 3.63) is 35.9 Å². The average Bonchev–Trinajstić information content (AvgIpc) is 2.15. The molecule has 0 fully saturated rings. The second-order valence-corrected chi connectivity index (χ2v) is 4.37. The van der Waals surface area contributed by atoms with Crippen LogP contribution in [0.1, 0.15) is 5.56 Å². The maximum Gasteiger partial charge on any atom is 0.231 e. The lowest BCUT2D eigenvalue weighted by Gasteiger charge is -2.00. The minimum Gasteiger partial charge on any atom is -0.280 e. The van der Waals surface area contributed by atoms with Gasteiger partial charge < -0.3 is 0 Å². The summed E-state index contributed by atoms with van der Waals surface area (Å²) in [6, 6.07) is 9.56. The fourth-order valence-corrected chi connectivity index (χ4v) is 1.80. The molecular weight excluding hydrogens is 224 g/mol. The highest BCUT2D eigenvalue weighted by atomic mass is 35.5. The number of thiocarbonyl (C=S) groups is 1. The number of rotatable bonds is 3. The molecule has 1 aromatic carbocycles. The van der Waals surface area contributed by atoms with Gasteiger partial charge in [-0.25, -0.2) is 0 Å². The number of hydrogen-bond donors (Lipinski definition) is 0. The number of carbonyl (C=O) groups is 1. The number of hydrogen-bond acceptors (Lipinski definition) is 3. The van der Waals surface area contributed by atoms with Gasteiger partial charge in [0.2, 0.25) is 5.24 Å². The lowest BCUT2D eigenvalue weighted by Crippen LogP contribution is -1.97. The molecule has 0 saturated carbocycles. The van der Waals surface area contributed by atoms with E-state index in [1.54, 1.807) is 0 Å². The number of halogens is 1. The van der Waals surface area contributed by atoms with Crippen molar-refractivity contribution in [2.45, 2.75) is 0 Å². The molecule has 0 aliphatic rings. The van der Waals surface area contributed by atoms with E-state index in [1.165, 1.54) is 11.8 Å². The quantitative estimate of drug-likeness (QED) is 0.587. The van der Waals surface area contributed by atoms with Gasteiger partial charge in [-0.2, -0.15) is 0 Å². The van der Waals surface area contributed by atoms with Gasteiger partial charge in [-0.15, -0.1) is 11.8 Å². The van der Waals surface area contributed by atoms with E-state index in [2.05, 4.69) is 0 Å². The van der Waals surface area contributed by atoms with Crippen molar-refractivity contribution >= 4 is 45.0 Å². The van der Waals surface area contributed by atoms with Gasteiger partial charge in [0, 0.05) is 0 Å². The molecule has 68 valence electrons. The van der Waals surface area contributed by atoms with E-state index in [4.69, 9.17) is 23.8 Å². The van der Waals surface area contributed by atoms with Crippen LogP contribution in [0, 0.1) is 0 Å². The van der Waals surface area contributed by atoms with Crippen LogP contribution >= 0.6 is 35.6 Å². The Morgan fingerprint density at radius 1 is 1.38 bits per heavy atom. The minimum absolute atomic E-state index is 0.231. The van der Waals surface area contributed by atoms with E-state index >= 15 is 0 Å². The third-order valence-corrected chi connectivity index (χ3v) is 3.11. The first kappa shape index (κ1) is 10.7. The van der Waals surface area contributed by atoms with Gasteiger partial charge in [-0.1, -0.05) is 42.5 Å². The summed E-state index contributed by atoms with van der Waals surface area (Å²) in [6.07, 6.45) is 0. The van der Waals surface area contributed by atoms with Gasteiger partial charge in [0.1, 0.15) is 0 Å². The predicted octanol–water partition coefficient (Wildman–Crippen LogP) is 2.86. The standard InChI is InChI=1S/C9H7ClOS2/c10-8(11)6-13-9(12)7-4-2-1-3-5-7/h1-5H,6H2. The number of benzene rings is 1. The van der Waals surface area contributed by atoms with Crippen molar-refractivity contribution < 1.29 is 4.79 Å². The molecule has 0 aliphatic heterocycles. The normalized spacial score (nSPS) is 9.62. The molecular formula is C9H7ClOS2. The molecule has 0 aliphatic carbocycles. The summed E-state index contributed by atoms with van der Waals surface area (Å²) < 4.78 is 0.703. The Morgan fingerprint density at radius 3 is 2.54 bits per heavy atom. The molecule has 0 N–H and O–H groups in total. The topological polar surface area (TPSA) is 17.1 Å². The Hall–Kier alpha value is -0.380. The highest BCUT2D eigenvalue weighted by molar-refractivity contribution is 8.24. The summed E-state index contributed by atoms with van der Waals surface area (Å²) in [5.74, 6) is 0.231. The lowest BCUT2D eigenvalue weighted by molar-refractivity contribution is -0.109. The Morgan fingerprint density at radius 2 is 2.00 bits per heavy atom. The van der Waals surface area contributed by atoms with Gasteiger partial charge in [0.15, 0.2) is 0 Å². The first-order valence-corrected chi connectivity index (χ1v) is 5.38. The Bertz CT molecular complexity index is 311. The zero-order valence-corrected chi connectivity index (χ0v) is 9.09. The van der Waals surface area contributed by atoms with Crippen LogP contribution in [-0.2, 0) is 4.79 Å².